The molecule has 3 N–H and O–H groups in total. The SMILES string of the molecule is NC1CCC(Nc2ccc(-n3cnnn3)cc2)C1. The average Bonchev–Trinajstić information content (AvgIpc) is 3.02. The number of rotatable bonds is 3. The summed E-state index contributed by atoms with van der Waals surface area (Å²) in [5.74, 6) is 0. The van der Waals surface area contributed by atoms with Crippen LogP contribution in [0.15, 0.2) is 30.6 Å². The molecule has 0 saturated heterocycles. The van der Waals surface area contributed by atoms with Crippen molar-refractivity contribution < 1.29 is 0 Å². The zero-order chi connectivity index (χ0) is 12.4. The summed E-state index contributed by atoms with van der Waals surface area (Å²) >= 11 is 0. The fraction of sp³-hybridized carbons (Fsp3) is 0.417. The predicted molar refractivity (Wildman–Crippen MR) is 68.4 cm³/mol. The summed E-state index contributed by atoms with van der Waals surface area (Å²) in [5.41, 5.74) is 7.97. The Morgan fingerprint density at radius 1 is 1.22 bits per heavy atom. The number of hydrogen-bond donors (Lipinski definition) is 2. The summed E-state index contributed by atoms with van der Waals surface area (Å²) in [6.45, 7) is 0. The van der Waals surface area contributed by atoms with Crippen LogP contribution < -0.4 is 11.1 Å². The van der Waals surface area contributed by atoms with Crippen molar-refractivity contribution in [3.05, 3.63) is 30.6 Å². The van der Waals surface area contributed by atoms with Crippen LogP contribution in [-0.4, -0.2) is 32.3 Å². The summed E-state index contributed by atoms with van der Waals surface area (Å²) in [4.78, 5) is 0. The Labute approximate surface area is 105 Å². The van der Waals surface area contributed by atoms with Crippen molar-refractivity contribution in [2.24, 2.45) is 5.73 Å². The smallest absolute Gasteiger partial charge is 0.143 e. The van der Waals surface area contributed by atoms with Crippen LogP contribution in [0.1, 0.15) is 19.3 Å². The average molecular weight is 244 g/mol. The van der Waals surface area contributed by atoms with Crippen LogP contribution in [-0.2, 0) is 0 Å². The van der Waals surface area contributed by atoms with E-state index in [1.807, 2.05) is 24.3 Å². The molecule has 18 heavy (non-hydrogen) atoms. The van der Waals surface area contributed by atoms with Crippen molar-refractivity contribution in [3.8, 4) is 5.69 Å². The van der Waals surface area contributed by atoms with E-state index in [2.05, 4.69) is 20.8 Å². The monoisotopic (exact) mass is 244 g/mol. The van der Waals surface area contributed by atoms with Gasteiger partial charge >= 0.3 is 0 Å². The highest BCUT2D eigenvalue weighted by Crippen LogP contribution is 2.22. The van der Waals surface area contributed by atoms with Crippen LogP contribution in [0, 0.1) is 0 Å². The Kier molecular flexibility index (Phi) is 2.93. The lowest BCUT2D eigenvalue weighted by Crippen LogP contribution is -2.20. The molecule has 1 saturated carbocycles. The van der Waals surface area contributed by atoms with Gasteiger partial charge in [0.1, 0.15) is 6.33 Å². The molecule has 0 spiro atoms. The van der Waals surface area contributed by atoms with Crippen LogP contribution in [0.4, 0.5) is 5.69 Å². The second kappa shape index (κ2) is 4.73. The Morgan fingerprint density at radius 3 is 2.67 bits per heavy atom. The molecule has 94 valence electrons. The van der Waals surface area contributed by atoms with Gasteiger partial charge < -0.3 is 11.1 Å². The summed E-state index contributed by atoms with van der Waals surface area (Å²) < 4.78 is 1.63. The molecule has 1 aromatic carbocycles. The highest BCUT2D eigenvalue weighted by atomic mass is 15.5. The minimum Gasteiger partial charge on any atom is -0.382 e. The van der Waals surface area contributed by atoms with Gasteiger partial charge in [0.05, 0.1) is 5.69 Å². The van der Waals surface area contributed by atoms with Crippen molar-refractivity contribution in [2.45, 2.75) is 31.3 Å². The molecule has 2 aromatic rings. The van der Waals surface area contributed by atoms with Crippen molar-refractivity contribution in [1.82, 2.24) is 20.2 Å². The van der Waals surface area contributed by atoms with E-state index in [0.29, 0.717) is 12.1 Å². The maximum Gasteiger partial charge on any atom is 0.143 e. The van der Waals surface area contributed by atoms with Gasteiger partial charge in [-0.15, -0.1) is 5.10 Å². The number of nitrogens with one attached hydrogen (secondary N) is 1. The van der Waals surface area contributed by atoms with Crippen molar-refractivity contribution in [2.75, 3.05) is 5.32 Å². The fourth-order valence-corrected chi connectivity index (χ4v) is 2.37. The van der Waals surface area contributed by atoms with Crippen molar-refractivity contribution in [1.29, 1.82) is 0 Å². The summed E-state index contributed by atoms with van der Waals surface area (Å²) in [6, 6.07) is 8.92. The van der Waals surface area contributed by atoms with E-state index in [1.165, 1.54) is 0 Å². The molecule has 0 amide bonds. The second-order valence-corrected chi connectivity index (χ2v) is 4.72. The quantitative estimate of drug-likeness (QED) is 0.840. The Balaban J connectivity index is 1.68. The molecule has 6 heteroatoms. The fourth-order valence-electron chi connectivity index (χ4n) is 2.37. The lowest BCUT2D eigenvalue weighted by Gasteiger charge is -2.14. The maximum absolute atomic E-state index is 5.90. The molecular weight excluding hydrogens is 228 g/mol. The lowest BCUT2D eigenvalue weighted by atomic mass is 10.2. The van der Waals surface area contributed by atoms with Crippen LogP contribution in [0.2, 0.25) is 0 Å². The second-order valence-electron chi connectivity index (χ2n) is 4.72. The summed E-state index contributed by atoms with van der Waals surface area (Å²) in [5, 5.41) is 14.6. The minimum absolute atomic E-state index is 0.350. The zero-order valence-corrected chi connectivity index (χ0v) is 10.0. The van der Waals surface area contributed by atoms with E-state index >= 15 is 0 Å². The molecule has 0 bridgehead atoms. The number of nitrogens with zero attached hydrogens (tertiary/aromatic N) is 4. The van der Waals surface area contributed by atoms with Crippen LogP contribution in [0.25, 0.3) is 5.69 Å². The van der Waals surface area contributed by atoms with Gasteiger partial charge in [-0.05, 0) is 54.0 Å². The lowest BCUT2D eigenvalue weighted by molar-refractivity contribution is 0.688. The van der Waals surface area contributed by atoms with Crippen LogP contribution in [0.3, 0.4) is 0 Å². The first-order valence-corrected chi connectivity index (χ1v) is 6.17. The van der Waals surface area contributed by atoms with Gasteiger partial charge in [0.25, 0.3) is 0 Å². The van der Waals surface area contributed by atoms with Crippen LogP contribution in [0.5, 0.6) is 0 Å². The van der Waals surface area contributed by atoms with Gasteiger partial charge in [-0.1, -0.05) is 0 Å². The first kappa shape index (κ1) is 11.2. The first-order chi connectivity index (χ1) is 8.81. The molecule has 3 rings (SSSR count). The van der Waals surface area contributed by atoms with Gasteiger partial charge in [0.2, 0.25) is 0 Å². The molecule has 0 aliphatic heterocycles. The Morgan fingerprint density at radius 2 is 2.06 bits per heavy atom. The molecular formula is C12H16N6. The van der Waals surface area contributed by atoms with E-state index in [1.54, 1.807) is 11.0 Å². The third-order valence-electron chi connectivity index (χ3n) is 3.32. The Hall–Kier alpha value is -1.95. The predicted octanol–water partition coefficient (Wildman–Crippen LogP) is 0.954. The molecule has 1 aliphatic carbocycles. The normalized spacial score (nSPS) is 23.2. The number of benzene rings is 1. The Bertz CT molecular complexity index is 492. The molecule has 2 unspecified atom stereocenters. The van der Waals surface area contributed by atoms with Crippen molar-refractivity contribution >= 4 is 5.69 Å². The maximum atomic E-state index is 5.90. The zero-order valence-electron chi connectivity index (χ0n) is 10.0. The topological polar surface area (TPSA) is 81.6 Å². The number of hydrogen-bond acceptors (Lipinski definition) is 5. The molecule has 1 aromatic heterocycles. The molecule has 1 heterocycles. The molecule has 2 atom stereocenters. The first-order valence-electron chi connectivity index (χ1n) is 6.17. The largest absolute Gasteiger partial charge is 0.382 e. The van der Waals surface area contributed by atoms with Gasteiger partial charge in [-0.2, -0.15) is 0 Å². The van der Waals surface area contributed by atoms with Gasteiger partial charge in [0, 0.05) is 17.8 Å². The number of anilines is 1. The molecule has 1 fully saturated rings. The van der Waals surface area contributed by atoms with E-state index in [9.17, 15) is 0 Å². The van der Waals surface area contributed by atoms with Gasteiger partial charge in [-0.25, -0.2) is 4.68 Å². The summed E-state index contributed by atoms with van der Waals surface area (Å²) in [6.07, 6.45) is 4.89. The highest BCUT2D eigenvalue weighted by Gasteiger charge is 2.21. The number of aromatic nitrogens is 4. The third kappa shape index (κ3) is 2.33. The van der Waals surface area contributed by atoms with Gasteiger partial charge in [0.15, 0.2) is 0 Å². The van der Waals surface area contributed by atoms with E-state index in [4.69, 9.17) is 5.73 Å². The molecule has 0 radical (unpaired) electrons. The van der Waals surface area contributed by atoms with E-state index < -0.39 is 0 Å². The minimum atomic E-state index is 0.350. The van der Waals surface area contributed by atoms with Gasteiger partial charge in [-0.3, -0.25) is 0 Å². The standard InChI is InChI=1S/C12H16N6/c13-9-1-2-11(7-9)15-10-3-5-12(6-4-10)18-8-14-16-17-18/h3-6,8-9,11,15H,1-2,7,13H2. The number of tetrazole rings is 1. The number of nitrogens with two attached hydrogens (primary N) is 1. The summed E-state index contributed by atoms with van der Waals surface area (Å²) in [7, 11) is 0. The third-order valence-corrected chi connectivity index (χ3v) is 3.32. The van der Waals surface area contributed by atoms with E-state index in [-0.39, 0.29) is 0 Å². The molecule has 6 nitrogen and oxygen atoms in total. The molecule has 1 aliphatic rings. The van der Waals surface area contributed by atoms with Crippen LogP contribution >= 0.6 is 0 Å². The van der Waals surface area contributed by atoms with E-state index in [0.717, 1.165) is 30.6 Å². The highest BCUT2D eigenvalue weighted by molar-refractivity contribution is 5.49. The van der Waals surface area contributed by atoms with Crippen molar-refractivity contribution in [3.63, 3.8) is 0 Å².